The zero-order valence-corrected chi connectivity index (χ0v) is 12.7. The van der Waals surface area contributed by atoms with Crippen molar-refractivity contribution in [2.24, 2.45) is 5.16 Å². The van der Waals surface area contributed by atoms with Crippen LogP contribution in [-0.2, 0) is 20.2 Å². The summed E-state index contributed by atoms with van der Waals surface area (Å²) in [5, 5.41) is 3.87. The number of allylic oxidation sites excluding steroid dienone is 1. The van der Waals surface area contributed by atoms with E-state index in [9.17, 15) is 8.42 Å². The van der Waals surface area contributed by atoms with Crippen LogP contribution in [0.3, 0.4) is 0 Å². The van der Waals surface area contributed by atoms with Gasteiger partial charge in [-0.25, -0.2) is 0 Å². The Morgan fingerprint density at radius 3 is 2.55 bits per heavy atom. The lowest BCUT2D eigenvalue weighted by atomic mass is 9.96. The molecule has 0 fully saturated rings. The molecule has 0 atom stereocenters. The van der Waals surface area contributed by atoms with Gasteiger partial charge < -0.3 is 0 Å². The van der Waals surface area contributed by atoms with Crippen LogP contribution in [0.2, 0.25) is 0 Å². The van der Waals surface area contributed by atoms with Crippen molar-refractivity contribution < 1.29 is 12.7 Å². The van der Waals surface area contributed by atoms with Crippen molar-refractivity contribution in [1.82, 2.24) is 0 Å². The Morgan fingerprint density at radius 2 is 1.73 bits per heavy atom. The van der Waals surface area contributed by atoms with E-state index in [1.165, 1.54) is 0 Å². The van der Waals surface area contributed by atoms with Crippen molar-refractivity contribution in [2.45, 2.75) is 12.2 Å². The van der Waals surface area contributed by atoms with E-state index >= 15 is 0 Å². The number of oxime groups is 1. The molecule has 0 saturated carbocycles. The highest BCUT2D eigenvalue weighted by Gasteiger charge is 2.16. The minimum absolute atomic E-state index is 0.192. The molecule has 112 valence electrons. The monoisotopic (exact) mass is 313 g/mol. The van der Waals surface area contributed by atoms with E-state index in [0.717, 1.165) is 11.1 Å². The molecule has 22 heavy (non-hydrogen) atoms. The van der Waals surface area contributed by atoms with Crippen LogP contribution in [0, 0.1) is 0 Å². The van der Waals surface area contributed by atoms with E-state index in [1.807, 2.05) is 42.5 Å². The van der Waals surface area contributed by atoms with Gasteiger partial charge in [-0.2, -0.15) is 8.42 Å². The maximum atomic E-state index is 12.0. The Morgan fingerprint density at radius 1 is 1.00 bits per heavy atom. The Bertz CT molecular complexity index is 824. The summed E-state index contributed by atoms with van der Waals surface area (Å²) < 4.78 is 28.9. The first-order chi connectivity index (χ1) is 10.6. The largest absolute Gasteiger partial charge is 0.332 e. The molecular weight excluding hydrogens is 298 g/mol. The second-order valence-corrected chi connectivity index (χ2v) is 6.55. The molecule has 2 aromatic carbocycles. The van der Waals surface area contributed by atoms with Crippen molar-refractivity contribution in [3.8, 4) is 0 Å². The van der Waals surface area contributed by atoms with Gasteiger partial charge in [0, 0.05) is 12.0 Å². The highest BCUT2D eigenvalue weighted by Crippen LogP contribution is 2.20. The molecule has 5 heteroatoms. The summed E-state index contributed by atoms with van der Waals surface area (Å²) >= 11 is 0. The van der Waals surface area contributed by atoms with Crippen LogP contribution >= 0.6 is 0 Å². The first-order valence-electron chi connectivity index (χ1n) is 6.92. The van der Waals surface area contributed by atoms with E-state index in [2.05, 4.69) is 5.16 Å². The fraction of sp³-hybridized carbons (Fsp3) is 0.118. The molecule has 0 amide bonds. The predicted molar refractivity (Wildman–Crippen MR) is 86.8 cm³/mol. The van der Waals surface area contributed by atoms with Crippen LogP contribution in [0.15, 0.2) is 65.8 Å². The number of benzene rings is 2. The zero-order valence-electron chi connectivity index (χ0n) is 11.8. The highest BCUT2D eigenvalue weighted by atomic mass is 32.2. The smallest absolute Gasteiger partial charge is 0.268 e. The lowest BCUT2D eigenvalue weighted by Gasteiger charge is -2.12. The Kier molecular flexibility index (Phi) is 4.06. The fourth-order valence-electron chi connectivity index (χ4n) is 2.31. The van der Waals surface area contributed by atoms with Crippen LogP contribution in [0.5, 0.6) is 0 Å². The molecule has 0 saturated heterocycles. The van der Waals surface area contributed by atoms with Crippen molar-refractivity contribution in [3.63, 3.8) is 0 Å². The summed E-state index contributed by atoms with van der Waals surface area (Å²) in [6.45, 7) is 0. The van der Waals surface area contributed by atoms with Crippen molar-refractivity contribution in [3.05, 3.63) is 77.4 Å². The molecule has 0 aromatic heterocycles. The molecule has 3 rings (SSSR count). The minimum Gasteiger partial charge on any atom is -0.268 e. The van der Waals surface area contributed by atoms with Crippen molar-refractivity contribution in [2.75, 3.05) is 0 Å². The van der Waals surface area contributed by atoms with Crippen molar-refractivity contribution in [1.29, 1.82) is 0 Å². The van der Waals surface area contributed by atoms with Gasteiger partial charge in [0.05, 0.1) is 5.71 Å². The molecule has 0 bridgehead atoms. The molecule has 0 heterocycles. The zero-order chi connectivity index (χ0) is 15.4. The van der Waals surface area contributed by atoms with Crippen LogP contribution in [-0.4, -0.2) is 14.1 Å². The molecule has 2 aromatic rings. The van der Waals surface area contributed by atoms with Gasteiger partial charge in [0.15, 0.2) is 0 Å². The predicted octanol–water partition coefficient (Wildman–Crippen LogP) is 3.35. The van der Waals surface area contributed by atoms with Gasteiger partial charge >= 0.3 is 10.1 Å². The van der Waals surface area contributed by atoms with Gasteiger partial charge in [-0.1, -0.05) is 71.9 Å². The molecule has 4 nitrogen and oxygen atoms in total. The molecule has 0 unspecified atom stereocenters. The maximum Gasteiger partial charge on any atom is 0.332 e. The summed E-state index contributed by atoms with van der Waals surface area (Å²) in [4.78, 5) is 0. The summed E-state index contributed by atoms with van der Waals surface area (Å²) in [6.07, 6.45) is 4.49. The third kappa shape index (κ3) is 3.43. The van der Waals surface area contributed by atoms with E-state index in [1.54, 1.807) is 24.3 Å². The summed E-state index contributed by atoms with van der Waals surface area (Å²) in [6, 6.07) is 16.6. The van der Waals surface area contributed by atoms with Crippen LogP contribution in [0.25, 0.3) is 6.08 Å². The van der Waals surface area contributed by atoms with Gasteiger partial charge in [0.25, 0.3) is 0 Å². The minimum atomic E-state index is -3.75. The number of fused-ring (bicyclic) bond motifs is 1. The first kappa shape index (κ1) is 14.5. The highest BCUT2D eigenvalue weighted by molar-refractivity contribution is 7.85. The van der Waals surface area contributed by atoms with Gasteiger partial charge in [0.2, 0.25) is 0 Å². The molecular formula is C17H15NO3S. The second-order valence-electron chi connectivity index (χ2n) is 4.99. The third-order valence-corrected chi connectivity index (χ3v) is 4.32. The van der Waals surface area contributed by atoms with Crippen LogP contribution < -0.4 is 0 Å². The fourth-order valence-corrected chi connectivity index (χ4v) is 3.16. The van der Waals surface area contributed by atoms with Gasteiger partial charge in [0.1, 0.15) is 5.75 Å². The molecule has 0 spiro atoms. The Labute approximate surface area is 129 Å². The standard InChI is InChI=1S/C17H15NO3S/c19-22(20,13-14-7-2-1-3-8-14)21-18-17-12-6-10-15-9-4-5-11-16(15)17/h1-11H,12-13H2. The van der Waals surface area contributed by atoms with E-state index in [-0.39, 0.29) is 5.75 Å². The number of hydrogen-bond donors (Lipinski definition) is 0. The van der Waals surface area contributed by atoms with Gasteiger partial charge in [-0.05, 0) is 11.1 Å². The van der Waals surface area contributed by atoms with Gasteiger partial charge in [-0.3, -0.25) is 4.28 Å². The maximum absolute atomic E-state index is 12.0. The average molecular weight is 313 g/mol. The number of hydrogen-bond acceptors (Lipinski definition) is 4. The summed E-state index contributed by atoms with van der Waals surface area (Å²) in [5.74, 6) is -0.192. The number of rotatable bonds is 4. The first-order valence-corrected chi connectivity index (χ1v) is 8.50. The molecule has 1 aliphatic rings. The second kappa shape index (κ2) is 6.15. The average Bonchev–Trinajstić information content (AvgIpc) is 2.53. The quantitative estimate of drug-likeness (QED) is 0.813. The van der Waals surface area contributed by atoms with Crippen molar-refractivity contribution >= 4 is 21.9 Å². The lowest BCUT2D eigenvalue weighted by molar-refractivity contribution is 0.337. The summed E-state index contributed by atoms with van der Waals surface area (Å²) in [5.41, 5.74) is 3.21. The molecule has 0 aliphatic heterocycles. The molecule has 0 radical (unpaired) electrons. The third-order valence-electron chi connectivity index (χ3n) is 3.33. The molecule has 1 aliphatic carbocycles. The van der Waals surface area contributed by atoms with E-state index in [4.69, 9.17) is 4.28 Å². The normalized spacial score (nSPS) is 15.5. The number of nitrogens with zero attached hydrogens (tertiary/aromatic N) is 1. The van der Waals surface area contributed by atoms with Crippen LogP contribution in [0.1, 0.15) is 23.1 Å². The molecule has 0 N–H and O–H groups in total. The Hall–Kier alpha value is -2.40. The van der Waals surface area contributed by atoms with E-state index in [0.29, 0.717) is 17.7 Å². The Balaban J connectivity index is 1.78. The van der Waals surface area contributed by atoms with Gasteiger partial charge in [-0.15, -0.1) is 0 Å². The lowest BCUT2D eigenvalue weighted by Crippen LogP contribution is -2.10. The van der Waals surface area contributed by atoms with E-state index < -0.39 is 10.1 Å². The topological polar surface area (TPSA) is 55.7 Å². The summed E-state index contributed by atoms with van der Waals surface area (Å²) in [7, 11) is -3.75. The SMILES string of the molecule is O=S(=O)(Cc1ccccc1)ON=C1CC=Cc2ccccc21. The van der Waals surface area contributed by atoms with Crippen LogP contribution in [0.4, 0.5) is 0 Å².